The van der Waals surface area contributed by atoms with Gasteiger partial charge in [0.1, 0.15) is 28.1 Å². The van der Waals surface area contributed by atoms with Gasteiger partial charge < -0.3 is 20.3 Å². The van der Waals surface area contributed by atoms with Crippen LogP contribution >= 0.6 is 11.3 Å². The van der Waals surface area contributed by atoms with Crippen molar-refractivity contribution < 1.29 is 19.1 Å². The number of carbonyl (C=O) groups is 3. The lowest BCUT2D eigenvalue weighted by Crippen LogP contribution is -2.55. The van der Waals surface area contributed by atoms with Crippen molar-refractivity contribution >= 4 is 28.9 Å². The second kappa shape index (κ2) is 12.6. The van der Waals surface area contributed by atoms with Crippen molar-refractivity contribution in [1.82, 2.24) is 20.5 Å². The van der Waals surface area contributed by atoms with Gasteiger partial charge in [0.15, 0.2) is 0 Å². The molecule has 9 heteroatoms. The average Bonchev–Trinajstić information content (AvgIpc) is 3.60. The molecule has 1 aromatic carbocycles. The third kappa shape index (κ3) is 7.25. The van der Waals surface area contributed by atoms with Gasteiger partial charge >= 0.3 is 0 Å². The van der Waals surface area contributed by atoms with Crippen LogP contribution in [0.4, 0.5) is 0 Å². The fourth-order valence-electron chi connectivity index (χ4n) is 5.47. The number of carbonyl (C=O) groups excluding carboxylic acids is 3. The fourth-order valence-corrected chi connectivity index (χ4v) is 6.42. The van der Waals surface area contributed by atoms with Crippen molar-refractivity contribution in [2.24, 2.45) is 5.92 Å². The van der Waals surface area contributed by atoms with Gasteiger partial charge in [0, 0.05) is 17.5 Å². The molecule has 212 valence electrons. The highest BCUT2D eigenvalue weighted by Crippen LogP contribution is 2.36. The number of nitrogens with zero attached hydrogens (tertiary/aromatic N) is 2. The Balaban J connectivity index is 1.52. The van der Waals surface area contributed by atoms with E-state index in [-0.39, 0.29) is 41.2 Å². The van der Waals surface area contributed by atoms with E-state index in [0.29, 0.717) is 23.6 Å². The second-order valence-corrected chi connectivity index (χ2v) is 12.6. The molecule has 1 aliphatic carbocycles. The number of ketones is 1. The van der Waals surface area contributed by atoms with Crippen molar-refractivity contribution in [1.29, 1.82) is 0 Å². The Bertz CT molecular complexity index is 1170. The van der Waals surface area contributed by atoms with Gasteiger partial charge in [-0.25, -0.2) is 4.98 Å². The molecule has 0 radical (unpaired) electrons. The van der Waals surface area contributed by atoms with Crippen LogP contribution in [0.15, 0.2) is 29.6 Å². The van der Waals surface area contributed by atoms with Crippen LogP contribution in [0, 0.1) is 5.92 Å². The molecule has 2 aromatic rings. The van der Waals surface area contributed by atoms with Crippen LogP contribution in [0.25, 0.3) is 0 Å². The Morgan fingerprint density at radius 1 is 1.10 bits per heavy atom. The molecule has 4 rings (SSSR count). The number of aromatic nitrogens is 1. The highest BCUT2D eigenvalue weighted by molar-refractivity contribution is 7.10. The maximum Gasteiger partial charge on any atom is 0.246 e. The van der Waals surface area contributed by atoms with Crippen LogP contribution in [0.3, 0.4) is 0 Å². The van der Waals surface area contributed by atoms with E-state index in [1.807, 2.05) is 37.8 Å². The van der Waals surface area contributed by atoms with Gasteiger partial charge in [-0.3, -0.25) is 14.4 Å². The Labute approximate surface area is 235 Å². The third-order valence-electron chi connectivity index (χ3n) is 7.61. The summed E-state index contributed by atoms with van der Waals surface area (Å²) in [6.45, 7) is 8.33. The van der Waals surface area contributed by atoms with Gasteiger partial charge in [0.2, 0.25) is 17.6 Å². The molecule has 39 heavy (non-hydrogen) atoms. The second-order valence-electron chi connectivity index (χ2n) is 11.7. The fraction of sp³-hybridized carbons (Fsp3) is 0.600. The standard InChI is InChI=1S/C30H42N4O4S/c1-19(31-5)27(36)33-25(20-11-7-6-8-12-20)29(37)34-16-10-15-24(34)28-32-23(18-39-28)26(35)21-13-9-14-22(17-21)38-30(2,3)4/h9,13-14,17-20,24-25,31H,6-8,10-12,15-16H2,1-5H3,(H,33,36)/t19-,24-,25-/m0/s1. The van der Waals surface area contributed by atoms with E-state index in [0.717, 1.165) is 43.5 Å². The number of nitrogens with one attached hydrogen (secondary N) is 2. The maximum absolute atomic E-state index is 14.0. The van der Waals surface area contributed by atoms with Gasteiger partial charge in [-0.15, -0.1) is 11.3 Å². The van der Waals surface area contributed by atoms with E-state index in [9.17, 15) is 14.4 Å². The van der Waals surface area contributed by atoms with E-state index >= 15 is 0 Å². The van der Waals surface area contributed by atoms with E-state index in [2.05, 4.69) is 10.6 Å². The monoisotopic (exact) mass is 554 g/mol. The molecule has 1 aromatic heterocycles. The van der Waals surface area contributed by atoms with Crippen LogP contribution < -0.4 is 15.4 Å². The number of benzene rings is 1. The quantitative estimate of drug-likeness (QED) is 0.428. The minimum absolute atomic E-state index is 0.0313. The maximum atomic E-state index is 14.0. The molecule has 1 saturated carbocycles. The molecule has 1 aliphatic heterocycles. The summed E-state index contributed by atoms with van der Waals surface area (Å²) in [7, 11) is 1.74. The number of hydrogen-bond acceptors (Lipinski definition) is 7. The topological polar surface area (TPSA) is 101 Å². The first-order valence-electron chi connectivity index (χ1n) is 14.1. The van der Waals surface area contributed by atoms with Crippen LogP contribution in [-0.4, -0.2) is 58.8 Å². The summed E-state index contributed by atoms with van der Waals surface area (Å²) < 4.78 is 5.93. The molecular formula is C30H42N4O4S. The van der Waals surface area contributed by atoms with Gasteiger partial charge in [-0.05, 0) is 78.5 Å². The molecule has 0 bridgehead atoms. The number of likely N-dealkylation sites (N-methyl/N-ethyl adjacent to an activating group) is 1. The molecule has 1 saturated heterocycles. The van der Waals surface area contributed by atoms with Crippen molar-refractivity contribution in [2.75, 3.05) is 13.6 Å². The van der Waals surface area contributed by atoms with E-state index in [4.69, 9.17) is 9.72 Å². The smallest absolute Gasteiger partial charge is 0.246 e. The van der Waals surface area contributed by atoms with Crippen LogP contribution in [0.1, 0.15) is 99.7 Å². The first-order valence-corrected chi connectivity index (χ1v) is 15.0. The predicted octanol–water partition coefficient (Wildman–Crippen LogP) is 4.89. The van der Waals surface area contributed by atoms with Gasteiger partial charge in [0.25, 0.3) is 0 Å². The molecule has 2 amide bonds. The molecule has 3 atom stereocenters. The lowest BCUT2D eigenvalue weighted by Gasteiger charge is -2.35. The lowest BCUT2D eigenvalue weighted by atomic mass is 9.83. The molecule has 8 nitrogen and oxygen atoms in total. The van der Waals surface area contributed by atoms with Crippen molar-refractivity contribution in [3.8, 4) is 5.75 Å². The normalized spacial score (nSPS) is 19.9. The minimum atomic E-state index is -0.541. The van der Waals surface area contributed by atoms with Crippen molar-refractivity contribution in [3.63, 3.8) is 0 Å². The zero-order chi connectivity index (χ0) is 28.2. The number of amides is 2. The zero-order valence-corrected chi connectivity index (χ0v) is 24.6. The number of ether oxygens (including phenoxy) is 1. The largest absolute Gasteiger partial charge is 0.488 e. The third-order valence-corrected chi connectivity index (χ3v) is 8.55. The van der Waals surface area contributed by atoms with Crippen molar-refractivity contribution in [3.05, 3.63) is 45.9 Å². The average molecular weight is 555 g/mol. The summed E-state index contributed by atoms with van der Waals surface area (Å²) in [5.74, 6) is 0.422. The molecule has 2 heterocycles. The van der Waals surface area contributed by atoms with Crippen LogP contribution in [0.5, 0.6) is 5.75 Å². The summed E-state index contributed by atoms with van der Waals surface area (Å²) in [6, 6.07) is 6.07. The Hall–Kier alpha value is -2.78. The van der Waals surface area contributed by atoms with E-state index in [1.54, 1.807) is 31.5 Å². The Morgan fingerprint density at radius 2 is 1.85 bits per heavy atom. The van der Waals surface area contributed by atoms with E-state index < -0.39 is 6.04 Å². The van der Waals surface area contributed by atoms with Crippen LogP contribution in [0.2, 0.25) is 0 Å². The summed E-state index contributed by atoms with van der Waals surface area (Å²) in [5, 5.41) is 8.60. The lowest BCUT2D eigenvalue weighted by molar-refractivity contribution is -0.139. The highest BCUT2D eigenvalue weighted by atomic mass is 32.1. The molecule has 0 unspecified atom stereocenters. The molecular weight excluding hydrogens is 512 g/mol. The number of hydrogen-bond donors (Lipinski definition) is 2. The minimum Gasteiger partial charge on any atom is -0.488 e. The van der Waals surface area contributed by atoms with Crippen LogP contribution in [-0.2, 0) is 9.59 Å². The summed E-state index contributed by atoms with van der Waals surface area (Å²) in [5.41, 5.74) is 0.530. The molecule has 2 N–H and O–H groups in total. The molecule has 2 fully saturated rings. The molecule has 0 spiro atoms. The highest BCUT2D eigenvalue weighted by Gasteiger charge is 2.40. The van der Waals surface area contributed by atoms with Gasteiger partial charge in [0.05, 0.1) is 12.1 Å². The molecule has 2 aliphatic rings. The van der Waals surface area contributed by atoms with Gasteiger partial charge in [-0.1, -0.05) is 31.4 Å². The summed E-state index contributed by atoms with van der Waals surface area (Å²) in [4.78, 5) is 46.7. The predicted molar refractivity (Wildman–Crippen MR) is 153 cm³/mol. The van der Waals surface area contributed by atoms with Crippen molar-refractivity contribution in [2.45, 2.75) is 96.4 Å². The summed E-state index contributed by atoms with van der Waals surface area (Å²) >= 11 is 1.42. The Kier molecular flexibility index (Phi) is 9.43. The first kappa shape index (κ1) is 29.2. The Morgan fingerprint density at radius 3 is 2.54 bits per heavy atom. The zero-order valence-electron chi connectivity index (χ0n) is 23.8. The SMILES string of the molecule is CN[C@@H](C)C(=O)N[C@H](C(=O)N1CCC[C@H]1c1nc(C(=O)c2cccc(OC(C)(C)C)c2)cs1)C1CCCCC1. The number of thiazole rings is 1. The number of rotatable bonds is 9. The first-order chi connectivity index (χ1) is 18.6. The van der Waals surface area contributed by atoms with Gasteiger partial charge in [-0.2, -0.15) is 0 Å². The summed E-state index contributed by atoms with van der Waals surface area (Å²) in [6.07, 6.45) is 6.87. The van der Waals surface area contributed by atoms with E-state index in [1.165, 1.54) is 17.8 Å². The number of likely N-dealkylation sites (tertiary alicyclic amines) is 1.